The Bertz CT molecular complexity index is 1000. The van der Waals surface area contributed by atoms with E-state index in [1.165, 1.54) is 28.3 Å². The maximum absolute atomic E-state index is 12.9. The molecule has 2 aromatic carbocycles. The van der Waals surface area contributed by atoms with Gasteiger partial charge in [0.2, 0.25) is 10.0 Å². The van der Waals surface area contributed by atoms with E-state index >= 15 is 0 Å². The number of likely N-dealkylation sites (N-methyl/N-ethyl adjacent to an activating group) is 1. The summed E-state index contributed by atoms with van der Waals surface area (Å²) in [6, 6.07) is 13.4. The van der Waals surface area contributed by atoms with E-state index in [9.17, 15) is 18.0 Å². The molecule has 0 spiro atoms. The van der Waals surface area contributed by atoms with Crippen molar-refractivity contribution in [3.63, 3.8) is 0 Å². The fourth-order valence-electron chi connectivity index (χ4n) is 3.04. The van der Waals surface area contributed by atoms with Crippen molar-refractivity contribution in [3.8, 4) is 0 Å². The van der Waals surface area contributed by atoms with Crippen molar-refractivity contribution >= 4 is 27.6 Å². The topological polar surface area (TPSA) is 84.0 Å². The number of amides is 1. The summed E-state index contributed by atoms with van der Waals surface area (Å²) in [5, 5.41) is 0. The van der Waals surface area contributed by atoms with E-state index in [2.05, 4.69) is 0 Å². The molecule has 0 aliphatic carbocycles. The summed E-state index contributed by atoms with van der Waals surface area (Å²) in [7, 11) is -2.13. The zero-order chi connectivity index (χ0) is 22.5. The van der Waals surface area contributed by atoms with Crippen molar-refractivity contribution in [3.05, 3.63) is 59.7 Å². The minimum absolute atomic E-state index is 0.0565. The van der Waals surface area contributed by atoms with Crippen molar-refractivity contribution in [2.75, 3.05) is 25.0 Å². The van der Waals surface area contributed by atoms with Crippen LogP contribution in [0.2, 0.25) is 0 Å². The summed E-state index contributed by atoms with van der Waals surface area (Å²) in [5.41, 5.74) is 1.29. The highest BCUT2D eigenvalue weighted by molar-refractivity contribution is 7.89. The first kappa shape index (κ1) is 23.6. The molecule has 0 bridgehead atoms. The van der Waals surface area contributed by atoms with E-state index in [1.54, 1.807) is 58.2 Å². The molecule has 0 fully saturated rings. The Hall–Kier alpha value is -2.71. The van der Waals surface area contributed by atoms with Gasteiger partial charge in [0.05, 0.1) is 10.5 Å². The molecule has 162 valence electrons. The van der Waals surface area contributed by atoms with Crippen molar-refractivity contribution in [2.45, 2.75) is 38.7 Å². The first-order chi connectivity index (χ1) is 14.1. The Kier molecular flexibility index (Phi) is 7.75. The molecule has 1 atom stereocenters. The van der Waals surface area contributed by atoms with Crippen LogP contribution in [0.1, 0.15) is 36.7 Å². The van der Waals surface area contributed by atoms with Gasteiger partial charge in [0.1, 0.15) is 0 Å². The van der Waals surface area contributed by atoms with Gasteiger partial charge in [-0.05, 0) is 43.7 Å². The van der Waals surface area contributed by atoms with Gasteiger partial charge in [-0.1, -0.05) is 38.1 Å². The molecule has 30 heavy (non-hydrogen) atoms. The second-order valence-corrected chi connectivity index (χ2v) is 8.76. The molecular weight excluding hydrogens is 404 g/mol. The van der Waals surface area contributed by atoms with Crippen LogP contribution in [0.25, 0.3) is 0 Å². The second-order valence-electron chi connectivity index (χ2n) is 6.85. The Morgan fingerprint density at radius 2 is 1.63 bits per heavy atom. The lowest BCUT2D eigenvalue weighted by Gasteiger charge is -2.22. The number of nitrogens with zero attached hydrogens (tertiary/aromatic N) is 2. The number of rotatable bonds is 8. The predicted octanol–water partition coefficient (Wildman–Crippen LogP) is 3.23. The largest absolute Gasteiger partial charge is 0.449 e. The zero-order valence-corrected chi connectivity index (χ0v) is 18.8. The van der Waals surface area contributed by atoms with E-state index in [4.69, 9.17) is 4.74 Å². The Balaban J connectivity index is 2.22. The van der Waals surface area contributed by atoms with Crippen LogP contribution >= 0.6 is 0 Å². The summed E-state index contributed by atoms with van der Waals surface area (Å²) in [6.07, 6.45) is -1.04. The second kappa shape index (κ2) is 9.86. The number of benzene rings is 2. The molecular formula is C22H28N2O5S. The molecule has 0 aromatic heterocycles. The molecule has 0 aliphatic rings. The van der Waals surface area contributed by atoms with E-state index in [1.807, 2.05) is 6.07 Å². The maximum Gasteiger partial charge on any atom is 0.338 e. The van der Waals surface area contributed by atoms with Gasteiger partial charge < -0.3 is 9.64 Å². The number of hydrogen-bond acceptors (Lipinski definition) is 5. The highest BCUT2D eigenvalue weighted by Gasteiger charge is 2.27. The van der Waals surface area contributed by atoms with Crippen LogP contribution in [0, 0.1) is 6.92 Å². The number of para-hydroxylation sites is 1. The first-order valence-corrected chi connectivity index (χ1v) is 11.2. The summed E-state index contributed by atoms with van der Waals surface area (Å²) >= 11 is 0. The fraction of sp³-hybridized carbons (Fsp3) is 0.364. The Labute approximate surface area is 178 Å². The summed E-state index contributed by atoms with van der Waals surface area (Å²) < 4.78 is 32.4. The van der Waals surface area contributed by atoms with Crippen LogP contribution in [0.4, 0.5) is 5.69 Å². The molecule has 8 heteroatoms. The number of aryl methyl sites for hydroxylation is 1. The minimum atomic E-state index is -3.73. The fourth-order valence-corrected chi connectivity index (χ4v) is 4.75. The number of sulfonamides is 1. The summed E-state index contributed by atoms with van der Waals surface area (Å²) in [5.74, 6) is -1.15. The minimum Gasteiger partial charge on any atom is -0.449 e. The molecule has 2 rings (SSSR count). The monoisotopic (exact) mass is 432 g/mol. The van der Waals surface area contributed by atoms with Gasteiger partial charge in [-0.3, -0.25) is 4.79 Å². The van der Waals surface area contributed by atoms with E-state index in [0.29, 0.717) is 24.3 Å². The van der Waals surface area contributed by atoms with Gasteiger partial charge in [-0.25, -0.2) is 13.2 Å². The molecule has 2 aromatic rings. The lowest BCUT2D eigenvalue weighted by atomic mass is 10.1. The zero-order valence-electron chi connectivity index (χ0n) is 18.0. The summed E-state index contributed by atoms with van der Waals surface area (Å²) in [6.45, 7) is 7.32. The average Bonchev–Trinajstić information content (AvgIpc) is 2.73. The van der Waals surface area contributed by atoms with E-state index in [-0.39, 0.29) is 10.5 Å². The van der Waals surface area contributed by atoms with Crippen LogP contribution in [-0.2, 0) is 19.6 Å². The highest BCUT2D eigenvalue weighted by atomic mass is 32.2. The third kappa shape index (κ3) is 5.06. The Morgan fingerprint density at radius 3 is 2.20 bits per heavy atom. The first-order valence-electron chi connectivity index (χ1n) is 9.77. The van der Waals surface area contributed by atoms with Gasteiger partial charge >= 0.3 is 5.97 Å². The maximum atomic E-state index is 12.9. The van der Waals surface area contributed by atoms with E-state index in [0.717, 1.165) is 0 Å². The Morgan fingerprint density at radius 1 is 1.03 bits per heavy atom. The summed E-state index contributed by atoms with van der Waals surface area (Å²) in [4.78, 5) is 26.7. The standard InChI is InChI=1S/C22H28N2O5S/c1-6-24(7-2)30(27,28)20-15-18(14-13-16(20)3)22(26)29-17(4)21(25)23(5)19-11-9-8-10-12-19/h8-15,17H,6-7H2,1-5H3/t17-/m0/s1. The van der Waals surface area contributed by atoms with Gasteiger partial charge in [-0.2, -0.15) is 4.31 Å². The molecule has 0 saturated carbocycles. The molecule has 0 heterocycles. The molecule has 0 radical (unpaired) electrons. The van der Waals surface area contributed by atoms with Gasteiger partial charge in [0.15, 0.2) is 6.10 Å². The van der Waals surface area contributed by atoms with Gasteiger partial charge in [0, 0.05) is 25.8 Å². The number of esters is 1. The predicted molar refractivity (Wildman–Crippen MR) is 116 cm³/mol. The quantitative estimate of drug-likeness (QED) is 0.598. The average molecular weight is 433 g/mol. The molecule has 1 amide bonds. The number of carbonyl (C=O) groups excluding carboxylic acids is 2. The third-order valence-corrected chi connectivity index (χ3v) is 7.04. The lowest BCUT2D eigenvalue weighted by molar-refractivity contribution is -0.126. The van der Waals surface area contributed by atoms with Crippen molar-refractivity contribution in [1.82, 2.24) is 4.31 Å². The van der Waals surface area contributed by atoms with Crippen LogP contribution in [-0.4, -0.2) is 50.8 Å². The van der Waals surface area contributed by atoms with Crippen molar-refractivity contribution < 1.29 is 22.7 Å². The molecule has 0 saturated heterocycles. The third-order valence-electron chi connectivity index (χ3n) is 4.85. The number of hydrogen-bond donors (Lipinski definition) is 0. The molecule has 0 unspecified atom stereocenters. The normalized spacial score (nSPS) is 12.5. The molecule has 7 nitrogen and oxygen atoms in total. The van der Waals surface area contributed by atoms with Crippen LogP contribution in [0.5, 0.6) is 0 Å². The molecule has 0 aliphatic heterocycles. The van der Waals surface area contributed by atoms with Gasteiger partial charge in [0.25, 0.3) is 5.91 Å². The number of ether oxygens (including phenoxy) is 1. The van der Waals surface area contributed by atoms with Gasteiger partial charge in [-0.15, -0.1) is 0 Å². The smallest absolute Gasteiger partial charge is 0.338 e. The van der Waals surface area contributed by atoms with Crippen LogP contribution in [0.3, 0.4) is 0 Å². The van der Waals surface area contributed by atoms with Crippen LogP contribution < -0.4 is 4.90 Å². The van der Waals surface area contributed by atoms with Crippen LogP contribution in [0.15, 0.2) is 53.4 Å². The van der Waals surface area contributed by atoms with E-state index < -0.39 is 28.0 Å². The number of carbonyl (C=O) groups is 2. The van der Waals surface area contributed by atoms with Crippen molar-refractivity contribution in [1.29, 1.82) is 0 Å². The van der Waals surface area contributed by atoms with Crippen molar-refractivity contribution in [2.24, 2.45) is 0 Å². The SMILES string of the molecule is CCN(CC)S(=O)(=O)c1cc(C(=O)O[C@@H](C)C(=O)N(C)c2ccccc2)ccc1C. The molecule has 0 N–H and O–H groups in total. The lowest BCUT2D eigenvalue weighted by Crippen LogP contribution is -2.37. The highest BCUT2D eigenvalue weighted by Crippen LogP contribution is 2.22. The number of anilines is 1.